The van der Waals surface area contributed by atoms with Crippen LogP contribution >= 0.6 is 0 Å². The lowest BCUT2D eigenvalue weighted by molar-refractivity contribution is 0.184. The summed E-state index contributed by atoms with van der Waals surface area (Å²) >= 11 is 0. The Morgan fingerprint density at radius 2 is 1.50 bits per heavy atom. The number of rotatable bonds is 10. The molecule has 0 spiro atoms. The molecule has 0 unspecified atom stereocenters. The van der Waals surface area contributed by atoms with Gasteiger partial charge in [-0.2, -0.15) is 0 Å². The highest BCUT2D eigenvalue weighted by atomic mass is 28.3. The maximum absolute atomic E-state index is 13.0. The zero-order valence-electron chi connectivity index (χ0n) is 18.3. The number of hydrogen-bond donors (Lipinski definition) is 0. The maximum Gasteiger partial charge on any atom is 0.123 e. The Morgan fingerprint density at radius 1 is 0.821 bits per heavy atom. The monoisotopic (exact) mass is 402 g/mol. The predicted molar refractivity (Wildman–Crippen MR) is 123 cm³/mol. The Morgan fingerprint density at radius 3 is 2.18 bits per heavy atom. The average molecular weight is 403 g/mol. The van der Waals surface area contributed by atoms with E-state index in [1.54, 1.807) is 43.1 Å². The van der Waals surface area contributed by atoms with Gasteiger partial charge in [-0.1, -0.05) is 95.0 Å². The van der Waals surface area contributed by atoms with Gasteiger partial charge in [0, 0.05) is 8.80 Å². The summed E-state index contributed by atoms with van der Waals surface area (Å²) in [5.41, 5.74) is 1.29. The number of aryl methyl sites for hydroxylation is 1. The van der Waals surface area contributed by atoms with Crippen molar-refractivity contribution in [1.29, 1.82) is 0 Å². The van der Waals surface area contributed by atoms with Crippen LogP contribution in [0.5, 0.6) is 0 Å². The first-order chi connectivity index (χ1) is 13.7. The van der Waals surface area contributed by atoms with Crippen molar-refractivity contribution in [2.24, 2.45) is 17.8 Å². The molecule has 1 saturated heterocycles. The summed E-state index contributed by atoms with van der Waals surface area (Å²) in [7, 11) is -0.332. The molecule has 0 radical (unpaired) electrons. The second-order valence-corrected chi connectivity index (χ2v) is 13.4. The summed E-state index contributed by atoms with van der Waals surface area (Å²) in [6, 6.07) is 12.1. The normalized spacial score (nSPS) is 28.4. The Bertz CT molecular complexity index is 524. The minimum absolute atomic E-state index is 0.118. The number of halogens is 1. The molecule has 0 aromatic heterocycles. The van der Waals surface area contributed by atoms with Gasteiger partial charge in [0.15, 0.2) is 0 Å². The van der Waals surface area contributed by atoms with Crippen molar-refractivity contribution < 1.29 is 4.39 Å². The van der Waals surface area contributed by atoms with E-state index < -0.39 is 0 Å². The molecule has 1 aromatic carbocycles. The Kier molecular flexibility index (Phi) is 9.57. The van der Waals surface area contributed by atoms with Gasteiger partial charge in [0.1, 0.15) is 5.82 Å². The van der Waals surface area contributed by atoms with Gasteiger partial charge in [-0.05, 0) is 61.1 Å². The summed E-state index contributed by atoms with van der Waals surface area (Å²) in [4.78, 5) is 0. The van der Waals surface area contributed by atoms with Gasteiger partial charge in [0.25, 0.3) is 0 Å². The van der Waals surface area contributed by atoms with Gasteiger partial charge in [-0.25, -0.2) is 4.39 Å². The van der Waals surface area contributed by atoms with Crippen LogP contribution in [0.1, 0.15) is 89.5 Å². The highest BCUT2D eigenvalue weighted by Crippen LogP contribution is 2.42. The summed E-state index contributed by atoms with van der Waals surface area (Å²) in [5.74, 6) is 3.03. The topological polar surface area (TPSA) is 0 Å². The summed E-state index contributed by atoms with van der Waals surface area (Å²) in [6.07, 6.45) is 18.8. The van der Waals surface area contributed by atoms with Crippen LogP contribution in [0.3, 0.4) is 0 Å². The van der Waals surface area contributed by atoms with Gasteiger partial charge >= 0.3 is 0 Å². The van der Waals surface area contributed by atoms with Crippen molar-refractivity contribution in [3.63, 3.8) is 0 Å². The molecule has 2 heteroatoms. The molecule has 2 fully saturated rings. The molecule has 1 saturated carbocycles. The standard InChI is InChI=1S/C26H43FSi/c1-2-3-6-19-28-20-17-25(18-21-28)24-13-9-22(10-14-24)7-4-5-8-23-11-15-26(27)16-12-23/h11-12,15-16,22,24-25,28H,2-10,13-14,17-21H2,1H3. The highest BCUT2D eigenvalue weighted by Gasteiger charge is 2.30. The minimum atomic E-state index is -0.332. The van der Waals surface area contributed by atoms with Gasteiger partial charge in [0.2, 0.25) is 0 Å². The molecule has 1 aliphatic carbocycles. The maximum atomic E-state index is 13.0. The first-order valence-electron chi connectivity index (χ1n) is 12.5. The third-order valence-electron chi connectivity index (χ3n) is 7.91. The van der Waals surface area contributed by atoms with Crippen LogP contribution in [0.2, 0.25) is 18.1 Å². The number of unbranched alkanes of at least 4 members (excludes halogenated alkanes) is 3. The second kappa shape index (κ2) is 12.2. The molecule has 1 aromatic rings. The Hall–Kier alpha value is -0.633. The third-order valence-corrected chi connectivity index (χ3v) is 11.4. The molecular weight excluding hydrogens is 359 g/mol. The predicted octanol–water partition coefficient (Wildman–Crippen LogP) is 8.17. The molecule has 0 atom stereocenters. The summed E-state index contributed by atoms with van der Waals surface area (Å²) < 4.78 is 13.0. The van der Waals surface area contributed by atoms with Crippen molar-refractivity contribution >= 4 is 8.80 Å². The molecule has 1 heterocycles. The summed E-state index contributed by atoms with van der Waals surface area (Å²) in [6.45, 7) is 2.33. The van der Waals surface area contributed by atoms with Crippen molar-refractivity contribution in [2.45, 2.75) is 109 Å². The van der Waals surface area contributed by atoms with Gasteiger partial charge in [0.05, 0.1) is 0 Å². The molecular formula is C26H43FSi. The van der Waals surface area contributed by atoms with Crippen LogP contribution in [0.15, 0.2) is 24.3 Å². The van der Waals surface area contributed by atoms with Gasteiger partial charge in [-0.3, -0.25) is 0 Å². The lowest BCUT2D eigenvalue weighted by Gasteiger charge is -2.37. The van der Waals surface area contributed by atoms with Gasteiger partial charge in [-0.15, -0.1) is 0 Å². The average Bonchev–Trinajstić information content (AvgIpc) is 2.74. The smallest absolute Gasteiger partial charge is 0.123 e. The van der Waals surface area contributed by atoms with Crippen molar-refractivity contribution in [2.75, 3.05) is 0 Å². The van der Waals surface area contributed by atoms with Crippen molar-refractivity contribution in [1.82, 2.24) is 0 Å². The van der Waals surface area contributed by atoms with E-state index in [0.717, 1.165) is 24.2 Å². The number of benzene rings is 1. The second-order valence-electron chi connectivity index (χ2n) is 9.93. The van der Waals surface area contributed by atoms with Crippen molar-refractivity contribution in [3.8, 4) is 0 Å². The fraction of sp³-hybridized carbons (Fsp3) is 0.769. The first kappa shape index (κ1) is 22.1. The third kappa shape index (κ3) is 7.32. The zero-order valence-corrected chi connectivity index (χ0v) is 19.5. The van der Waals surface area contributed by atoms with Crippen LogP contribution in [-0.4, -0.2) is 8.80 Å². The van der Waals surface area contributed by atoms with E-state index in [0.29, 0.717) is 0 Å². The molecule has 158 valence electrons. The molecule has 3 rings (SSSR count). The number of hydrogen-bond acceptors (Lipinski definition) is 0. The minimum Gasteiger partial charge on any atom is -0.207 e. The van der Waals surface area contributed by atoms with E-state index in [4.69, 9.17) is 0 Å². The largest absolute Gasteiger partial charge is 0.207 e. The summed E-state index contributed by atoms with van der Waals surface area (Å²) in [5, 5.41) is 0. The quantitative estimate of drug-likeness (QED) is 0.273. The van der Waals surface area contributed by atoms with Crippen LogP contribution in [0, 0.1) is 23.6 Å². The van der Waals surface area contributed by atoms with E-state index in [9.17, 15) is 4.39 Å². The fourth-order valence-corrected chi connectivity index (χ4v) is 9.52. The lowest BCUT2D eigenvalue weighted by atomic mass is 9.73. The Balaban J connectivity index is 1.25. The fourth-order valence-electron chi connectivity index (χ4n) is 5.99. The lowest BCUT2D eigenvalue weighted by Crippen LogP contribution is -2.28. The molecule has 0 N–H and O–H groups in total. The molecule has 1 aliphatic heterocycles. The van der Waals surface area contributed by atoms with E-state index in [1.807, 2.05) is 12.1 Å². The molecule has 0 nitrogen and oxygen atoms in total. The SMILES string of the molecule is CCCCC[SiH]1CCC(C2CCC(CCCCc3ccc(F)cc3)CC2)CC1. The van der Waals surface area contributed by atoms with E-state index >= 15 is 0 Å². The first-order valence-corrected chi connectivity index (χ1v) is 14.9. The molecule has 0 amide bonds. The van der Waals surface area contributed by atoms with Crippen LogP contribution in [-0.2, 0) is 6.42 Å². The van der Waals surface area contributed by atoms with Crippen LogP contribution in [0.25, 0.3) is 0 Å². The highest BCUT2D eigenvalue weighted by molar-refractivity contribution is 6.58. The van der Waals surface area contributed by atoms with Crippen molar-refractivity contribution in [3.05, 3.63) is 35.6 Å². The zero-order chi connectivity index (χ0) is 19.6. The van der Waals surface area contributed by atoms with Crippen LogP contribution in [0.4, 0.5) is 4.39 Å². The van der Waals surface area contributed by atoms with Gasteiger partial charge < -0.3 is 0 Å². The van der Waals surface area contributed by atoms with E-state index in [-0.39, 0.29) is 14.6 Å². The van der Waals surface area contributed by atoms with E-state index in [1.165, 1.54) is 69.8 Å². The van der Waals surface area contributed by atoms with Crippen LogP contribution < -0.4 is 0 Å². The molecule has 2 aliphatic rings. The van der Waals surface area contributed by atoms with E-state index in [2.05, 4.69) is 6.92 Å². The molecule has 0 bridgehead atoms. The Labute approximate surface area is 175 Å². The molecule has 28 heavy (non-hydrogen) atoms.